The first-order chi connectivity index (χ1) is 14.1. The normalized spacial score (nSPS) is 15.6. The Morgan fingerprint density at radius 3 is 2.52 bits per heavy atom. The molecule has 0 aliphatic heterocycles. The highest BCUT2D eigenvalue weighted by molar-refractivity contribution is 5.93. The van der Waals surface area contributed by atoms with Gasteiger partial charge in [0, 0.05) is 11.4 Å². The molecule has 1 atom stereocenters. The van der Waals surface area contributed by atoms with E-state index in [9.17, 15) is 0 Å². The zero-order chi connectivity index (χ0) is 20.2. The second kappa shape index (κ2) is 8.36. The van der Waals surface area contributed by atoms with Crippen molar-refractivity contribution < 1.29 is 4.74 Å². The number of nitrogen functional groups attached to an aromatic ring is 1. The van der Waals surface area contributed by atoms with Gasteiger partial charge in [-0.3, -0.25) is 0 Å². The van der Waals surface area contributed by atoms with Gasteiger partial charge in [0.25, 0.3) is 0 Å². The molecule has 0 spiro atoms. The van der Waals surface area contributed by atoms with Gasteiger partial charge >= 0.3 is 0 Å². The molecule has 2 aromatic carbocycles. The third-order valence-corrected chi connectivity index (χ3v) is 5.34. The maximum atomic E-state index is 8.89. The van der Waals surface area contributed by atoms with Crippen molar-refractivity contribution in [2.24, 2.45) is 0 Å². The number of rotatable bonds is 5. The second-order valence-corrected chi connectivity index (χ2v) is 7.56. The second-order valence-electron chi connectivity index (χ2n) is 7.56. The summed E-state index contributed by atoms with van der Waals surface area (Å²) >= 11 is 0. The van der Waals surface area contributed by atoms with Crippen molar-refractivity contribution in [2.75, 3.05) is 11.1 Å². The number of ether oxygens (including phenoxy) is 1. The quantitative estimate of drug-likeness (QED) is 0.645. The summed E-state index contributed by atoms with van der Waals surface area (Å²) in [5.41, 5.74) is 8.91. The van der Waals surface area contributed by atoms with Crippen molar-refractivity contribution in [2.45, 2.75) is 51.2 Å². The summed E-state index contributed by atoms with van der Waals surface area (Å²) in [6.07, 6.45) is 5.65. The number of hydrogen-bond acceptors (Lipinski definition) is 6. The van der Waals surface area contributed by atoms with Gasteiger partial charge in [-0.2, -0.15) is 10.2 Å². The molecular formula is C23H25N5O. The van der Waals surface area contributed by atoms with Gasteiger partial charge in [-0.15, -0.1) is 0 Å². The summed E-state index contributed by atoms with van der Waals surface area (Å²) in [6, 6.07) is 16.4. The van der Waals surface area contributed by atoms with E-state index in [2.05, 4.69) is 27.4 Å². The van der Waals surface area contributed by atoms with Gasteiger partial charge in [0.05, 0.1) is 5.52 Å². The predicted octanol–water partition coefficient (Wildman–Crippen LogP) is 4.91. The first-order valence-corrected chi connectivity index (χ1v) is 10.1. The third-order valence-electron chi connectivity index (χ3n) is 5.34. The van der Waals surface area contributed by atoms with Gasteiger partial charge in [-0.25, -0.2) is 4.98 Å². The molecule has 0 saturated heterocycles. The Kier molecular flexibility index (Phi) is 5.48. The number of nitrogens with one attached hydrogen (secondary N) is 1. The van der Waals surface area contributed by atoms with Crippen LogP contribution in [0.4, 0.5) is 11.8 Å². The van der Waals surface area contributed by atoms with E-state index < -0.39 is 6.10 Å². The summed E-state index contributed by atoms with van der Waals surface area (Å²) in [5.74, 6) is 1.78. The zero-order valence-corrected chi connectivity index (χ0v) is 16.6. The Morgan fingerprint density at radius 1 is 1.07 bits per heavy atom. The van der Waals surface area contributed by atoms with Gasteiger partial charge in [0.15, 0.2) is 6.10 Å². The van der Waals surface area contributed by atoms with E-state index in [0.717, 1.165) is 40.7 Å². The van der Waals surface area contributed by atoms with Crippen LogP contribution < -0.4 is 15.8 Å². The lowest BCUT2D eigenvalue weighted by atomic mass is 9.95. The van der Waals surface area contributed by atoms with Crippen LogP contribution in [0.2, 0.25) is 0 Å². The van der Waals surface area contributed by atoms with E-state index >= 15 is 0 Å². The van der Waals surface area contributed by atoms with Crippen molar-refractivity contribution in [3.63, 3.8) is 0 Å². The first-order valence-electron chi connectivity index (χ1n) is 10.1. The fourth-order valence-corrected chi connectivity index (χ4v) is 3.83. The number of nitrogens with two attached hydrogens (primary N) is 1. The number of nitriles is 1. The topological polar surface area (TPSA) is 96.8 Å². The molecule has 1 heterocycles. The average molecular weight is 387 g/mol. The Bertz CT molecular complexity index is 1040. The number of aromatic nitrogens is 2. The summed E-state index contributed by atoms with van der Waals surface area (Å²) in [4.78, 5) is 8.89. The standard InChI is InChI=1S/C23H25N5O/c1-15(14-24)29-19-10-7-16(8-11-19)17-9-12-21-20(13-17)22(28-23(25)27-21)26-18-5-3-2-4-6-18/h7-13,15,18H,2-6H2,1H3,(H3,25,26,27,28). The Labute approximate surface area is 170 Å². The highest BCUT2D eigenvalue weighted by Crippen LogP contribution is 2.31. The largest absolute Gasteiger partial charge is 0.476 e. The van der Waals surface area contributed by atoms with Crippen LogP contribution in [0.1, 0.15) is 39.0 Å². The minimum atomic E-state index is -0.474. The molecule has 0 amide bonds. The van der Waals surface area contributed by atoms with E-state index in [1.165, 1.54) is 19.3 Å². The minimum Gasteiger partial charge on any atom is -0.476 e. The molecule has 1 aliphatic rings. The maximum Gasteiger partial charge on any atom is 0.222 e. The fourth-order valence-electron chi connectivity index (χ4n) is 3.83. The van der Waals surface area contributed by atoms with E-state index in [-0.39, 0.29) is 5.95 Å². The molecule has 1 aromatic heterocycles. The molecule has 1 aliphatic carbocycles. The zero-order valence-electron chi connectivity index (χ0n) is 16.6. The van der Waals surface area contributed by atoms with E-state index in [1.54, 1.807) is 6.92 Å². The van der Waals surface area contributed by atoms with Crippen molar-refractivity contribution >= 4 is 22.7 Å². The van der Waals surface area contributed by atoms with Crippen molar-refractivity contribution in [3.8, 4) is 22.9 Å². The number of hydrogen-bond donors (Lipinski definition) is 2. The monoisotopic (exact) mass is 387 g/mol. The highest BCUT2D eigenvalue weighted by Gasteiger charge is 2.16. The summed E-state index contributed by atoms with van der Waals surface area (Å²) in [5, 5.41) is 13.5. The Hall–Kier alpha value is -3.33. The lowest BCUT2D eigenvalue weighted by molar-refractivity contribution is 0.276. The molecule has 0 radical (unpaired) electrons. The molecule has 0 bridgehead atoms. The summed E-state index contributed by atoms with van der Waals surface area (Å²) < 4.78 is 5.54. The van der Waals surface area contributed by atoms with Crippen LogP contribution in [0.15, 0.2) is 42.5 Å². The number of benzene rings is 2. The molecule has 4 rings (SSSR count). The van der Waals surface area contributed by atoms with Crippen LogP contribution in [0, 0.1) is 11.3 Å². The van der Waals surface area contributed by atoms with E-state index in [4.69, 9.17) is 15.7 Å². The summed E-state index contributed by atoms with van der Waals surface area (Å²) in [6.45, 7) is 1.73. The average Bonchev–Trinajstić information content (AvgIpc) is 2.74. The molecule has 29 heavy (non-hydrogen) atoms. The third kappa shape index (κ3) is 4.40. The summed E-state index contributed by atoms with van der Waals surface area (Å²) in [7, 11) is 0. The van der Waals surface area contributed by atoms with E-state index in [0.29, 0.717) is 11.8 Å². The molecule has 3 N–H and O–H groups in total. The molecule has 6 nitrogen and oxygen atoms in total. The molecule has 3 aromatic rings. The Balaban J connectivity index is 1.65. The van der Waals surface area contributed by atoms with Gasteiger partial charge in [0.2, 0.25) is 5.95 Å². The molecular weight excluding hydrogens is 362 g/mol. The van der Waals surface area contributed by atoms with Crippen molar-refractivity contribution in [1.82, 2.24) is 9.97 Å². The fraction of sp³-hybridized carbons (Fsp3) is 0.348. The van der Waals surface area contributed by atoms with E-state index in [1.807, 2.05) is 36.4 Å². The van der Waals surface area contributed by atoms with Crippen LogP contribution in [0.5, 0.6) is 5.75 Å². The maximum absolute atomic E-state index is 8.89. The molecule has 1 unspecified atom stereocenters. The van der Waals surface area contributed by atoms with Crippen molar-refractivity contribution in [3.05, 3.63) is 42.5 Å². The van der Waals surface area contributed by atoms with Crippen molar-refractivity contribution in [1.29, 1.82) is 5.26 Å². The van der Waals surface area contributed by atoms with Gasteiger partial charge in [-0.05, 0) is 55.2 Å². The SMILES string of the molecule is CC(C#N)Oc1ccc(-c2ccc3nc(N)nc(NC4CCCCC4)c3c2)cc1. The number of nitrogens with zero attached hydrogens (tertiary/aromatic N) is 3. The lowest BCUT2D eigenvalue weighted by Gasteiger charge is -2.24. The lowest BCUT2D eigenvalue weighted by Crippen LogP contribution is -2.23. The molecule has 1 fully saturated rings. The van der Waals surface area contributed by atoms with Crippen LogP contribution in [0.25, 0.3) is 22.0 Å². The highest BCUT2D eigenvalue weighted by atomic mass is 16.5. The molecule has 1 saturated carbocycles. The minimum absolute atomic E-state index is 0.289. The molecule has 148 valence electrons. The van der Waals surface area contributed by atoms with Gasteiger partial charge in [-0.1, -0.05) is 37.5 Å². The first kappa shape index (κ1) is 19.0. The van der Waals surface area contributed by atoms with Gasteiger partial charge in [0.1, 0.15) is 17.6 Å². The van der Waals surface area contributed by atoms with Crippen LogP contribution in [0.3, 0.4) is 0 Å². The number of anilines is 2. The smallest absolute Gasteiger partial charge is 0.222 e. The van der Waals surface area contributed by atoms with Crippen LogP contribution in [-0.4, -0.2) is 22.1 Å². The van der Waals surface area contributed by atoms with Crippen LogP contribution in [-0.2, 0) is 0 Å². The van der Waals surface area contributed by atoms with Crippen LogP contribution >= 0.6 is 0 Å². The predicted molar refractivity (Wildman–Crippen MR) is 116 cm³/mol. The Morgan fingerprint density at radius 2 is 1.79 bits per heavy atom. The number of fused-ring (bicyclic) bond motifs is 1. The van der Waals surface area contributed by atoms with Gasteiger partial charge < -0.3 is 15.8 Å². The molecule has 6 heteroatoms.